The van der Waals surface area contributed by atoms with E-state index in [2.05, 4.69) is 46.5 Å². The number of aromatic nitrogens is 2. The van der Waals surface area contributed by atoms with Crippen LogP contribution in [-0.2, 0) is 6.54 Å². The first-order chi connectivity index (χ1) is 10.5. The predicted octanol–water partition coefficient (Wildman–Crippen LogP) is 2.72. The number of rotatable bonds is 1. The molecule has 0 unspecified atom stereocenters. The van der Waals surface area contributed by atoms with Gasteiger partial charge in [-0.25, -0.2) is 4.79 Å². The zero-order valence-electron chi connectivity index (χ0n) is 12.9. The molecular formula is C15H19N5OS. The number of anilines is 2. The van der Waals surface area contributed by atoms with Crippen LogP contribution in [-0.4, -0.2) is 40.8 Å². The van der Waals surface area contributed by atoms with E-state index >= 15 is 0 Å². The number of likely N-dealkylation sites (N-methyl/N-ethyl adjacent to an activating group) is 1. The van der Waals surface area contributed by atoms with Crippen molar-refractivity contribution in [3.63, 3.8) is 0 Å². The van der Waals surface area contributed by atoms with Gasteiger partial charge >= 0.3 is 6.03 Å². The highest BCUT2D eigenvalue weighted by Crippen LogP contribution is 2.26. The van der Waals surface area contributed by atoms with Gasteiger partial charge < -0.3 is 9.80 Å². The summed E-state index contributed by atoms with van der Waals surface area (Å²) in [4.78, 5) is 16.6. The van der Waals surface area contributed by atoms with Gasteiger partial charge in [-0.3, -0.25) is 5.32 Å². The number of benzene rings is 1. The highest BCUT2D eigenvalue weighted by molar-refractivity contribution is 7.15. The second-order valence-corrected chi connectivity index (χ2v) is 6.72. The van der Waals surface area contributed by atoms with Crippen molar-refractivity contribution in [2.45, 2.75) is 26.4 Å². The number of hydrogen-bond acceptors (Lipinski definition) is 5. The lowest BCUT2D eigenvalue weighted by atomic mass is 10.1. The molecule has 0 fully saturated rings. The van der Waals surface area contributed by atoms with Crippen LogP contribution in [0.2, 0.25) is 0 Å². The van der Waals surface area contributed by atoms with Crippen molar-refractivity contribution >= 4 is 28.2 Å². The van der Waals surface area contributed by atoms with E-state index in [0.717, 1.165) is 17.1 Å². The van der Waals surface area contributed by atoms with Crippen LogP contribution in [0.1, 0.15) is 17.5 Å². The first-order valence-corrected chi connectivity index (χ1v) is 8.03. The van der Waals surface area contributed by atoms with Crippen molar-refractivity contribution in [3.8, 4) is 0 Å². The van der Waals surface area contributed by atoms with Gasteiger partial charge in [0.2, 0.25) is 5.13 Å². The number of urea groups is 1. The van der Waals surface area contributed by atoms with Gasteiger partial charge in [0.15, 0.2) is 0 Å². The van der Waals surface area contributed by atoms with Gasteiger partial charge in [0.1, 0.15) is 5.01 Å². The molecular weight excluding hydrogens is 298 g/mol. The van der Waals surface area contributed by atoms with Crippen molar-refractivity contribution in [1.29, 1.82) is 0 Å². The van der Waals surface area contributed by atoms with Gasteiger partial charge in [-0.15, -0.1) is 10.2 Å². The zero-order valence-corrected chi connectivity index (χ0v) is 13.7. The number of aryl methyl sites for hydroxylation is 1. The minimum absolute atomic E-state index is 0.103. The summed E-state index contributed by atoms with van der Waals surface area (Å²) < 4.78 is 0. The normalized spacial score (nSPS) is 17.9. The molecule has 0 aliphatic carbocycles. The number of carbonyl (C=O) groups excluding carboxylic acids is 1. The second-order valence-electron chi connectivity index (χ2n) is 5.54. The van der Waals surface area contributed by atoms with E-state index in [1.165, 1.54) is 17.0 Å². The Labute approximate surface area is 133 Å². The van der Waals surface area contributed by atoms with E-state index in [1.54, 1.807) is 0 Å². The molecule has 116 valence electrons. The summed E-state index contributed by atoms with van der Waals surface area (Å²) in [6.07, 6.45) is 0. The molecule has 2 heterocycles. The van der Waals surface area contributed by atoms with Gasteiger partial charge in [0, 0.05) is 31.9 Å². The van der Waals surface area contributed by atoms with Crippen LogP contribution < -0.4 is 10.2 Å². The lowest BCUT2D eigenvalue weighted by Gasteiger charge is -2.28. The quantitative estimate of drug-likeness (QED) is 0.878. The van der Waals surface area contributed by atoms with Crippen molar-refractivity contribution in [1.82, 2.24) is 15.1 Å². The summed E-state index contributed by atoms with van der Waals surface area (Å²) in [6.45, 7) is 5.31. The van der Waals surface area contributed by atoms with Crippen LogP contribution in [0.15, 0.2) is 24.3 Å². The monoisotopic (exact) mass is 317 g/mol. The zero-order chi connectivity index (χ0) is 15.7. The molecule has 1 aliphatic heterocycles. The van der Waals surface area contributed by atoms with Crippen LogP contribution in [0.4, 0.5) is 15.6 Å². The van der Waals surface area contributed by atoms with E-state index < -0.39 is 0 Å². The molecule has 1 atom stereocenters. The number of fused-ring (bicyclic) bond motifs is 1. The lowest BCUT2D eigenvalue weighted by molar-refractivity contribution is 0.192. The number of amides is 2. The van der Waals surface area contributed by atoms with Gasteiger partial charge in [0.25, 0.3) is 0 Å². The summed E-state index contributed by atoms with van der Waals surface area (Å²) in [6, 6.07) is 8.17. The molecule has 3 rings (SSSR count). The fourth-order valence-electron chi connectivity index (χ4n) is 2.73. The molecule has 1 aliphatic rings. The van der Waals surface area contributed by atoms with Crippen molar-refractivity contribution in [2.75, 3.05) is 23.8 Å². The van der Waals surface area contributed by atoms with E-state index in [4.69, 9.17) is 0 Å². The van der Waals surface area contributed by atoms with Crippen molar-refractivity contribution in [3.05, 3.63) is 34.8 Å². The van der Waals surface area contributed by atoms with Crippen LogP contribution in [0, 0.1) is 6.92 Å². The van der Waals surface area contributed by atoms with Crippen LogP contribution in [0.25, 0.3) is 0 Å². The Balaban J connectivity index is 1.82. The molecule has 6 nitrogen and oxygen atoms in total. The molecule has 22 heavy (non-hydrogen) atoms. The third kappa shape index (κ3) is 2.89. The minimum Gasteiger partial charge on any atom is -0.372 e. The Morgan fingerprint density at radius 1 is 1.36 bits per heavy atom. The number of nitrogens with one attached hydrogen (secondary N) is 1. The fourth-order valence-corrected chi connectivity index (χ4v) is 3.31. The van der Waals surface area contributed by atoms with Gasteiger partial charge in [-0.05, 0) is 25.5 Å². The Bertz CT molecular complexity index is 686. The van der Waals surface area contributed by atoms with Gasteiger partial charge in [-0.2, -0.15) is 0 Å². The summed E-state index contributed by atoms with van der Waals surface area (Å²) in [5.74, 6) is 0. The Morgan fingerprint density at radius 2 is 2.14 bits per heavy atom. The maximum atomic E-state index is 12.6. The van der Waals surface area contributed by atoms with E-state index in [9.17, 15) is 4.79 Å². The third-order valence-corrected chi connectivity index (χ3v) is 4.57. The molecule has 0 radical (unpaired) electrons. The number of para-hydroxylation sites is 1. The number of carbonyl (C=O) groups is 1. The van der Waals surface area contributed by atoms with Crippen LogP contribution in [0.3, 0.4) is 0 Å². The lowest BCUT2D eigenvalue weighted by Crippen LogP contribution is -2.44. The molecule has 1 aromatic heterocycles. The minimum atomic E-state index is -0.131. The first-order valence-electron chi connectivity index (χ1n) is 7.21. The summed E-state index contributed by atoms with van der Waals surface area (Å²) in [5, 5.41) is 12.1. The van der Waals surface area contributed by atoms with E-state index in [1.807, 2.05) is 24.0 Å². The Kier molecular flexibility index (Phi) is 3.98. The Morgan fingerprint density at radius 3 is 2.86 bits per heavy atom. The number of hydrogen-bond donors (Lipinski definition) is 1. The highest BCUT2D eigenvalue weighted by Gasteiger charge is 2.27. The molecule has 1 N–H and O–H groups in total. The topological polar surface area (TPSA) is 61.4 Å². The molecule has 0 saturated carbocycles. The largest absolute Gasteiger partial charge is 0.372 e. The molecule has 1 aromatic carbocycles. The molecule has 0 spiro atoms. The van der Waals surface area contributed by atoms with Crippen LogP contribution in [0.5, 0.6) is 0 Å². The van der Waals surface area contributed by atoms with Crippen LogP contribution >= 0.6 is 11.3 Å². The van der Waals surface area contributed by atoms with E-state index in [0.29, 0.717) is 11.7 Å². The van der Waals surface area contributed by atoms with Gasteiger partial charge in [0.05, 0.1) is 0 Å². The molecule has 0 saturated heterocycles. The molecule has 2 aromatic rings. The molecule has 7 heteroatoms. The smallest absolute Gasteiger partial charge is 0.324 e. The summed E-state index contributed by atoms with van der Waals surface area (Å²) >= 11 is 1.38. The SMILES string of the molecule is Cc1nnc(NC(=O)N2Cc3ccccc3N(C)C[C@H]2C)s1. The summed E-state index contributed by atoms with van der Waals surface area (Å²) in [5.41, 5.74) is 2.33. The predicted molar refractivity (Wildman–Crippen MR) is 88.4 cm³/mol. The second kappa shape index (κ2) is 5.92. The molecule has 0 bridgehead atoms. The maximum absolute atomic E-state index is 12.6. The summed E-state index contributed by atoms with van der Waals surface area (Å²) in [7, 11) is 2.06. The molecule has 2 amide bonds. The maximum Gasteiger partial charge on any atom is 0.324 e. The fraction of sp³-hybridized carbons (Fsp3) is 0.400. The first kappa shape index (κ1) is 14.8. The Hall–Kier alpha value is -2.15. The van der Waals surface area contributed by atoms with E-state index in [-0.39, 0.29) is 12.1 Å². The van der Waals surface area contributed by atoms with Crippen molar-refractivity contribution < 1.29 is 4.79 Å². The average molecular weight is 317 g/mol. The average Bonchev–Trinajstić information content (AvgIpc) is 2.84. The van der Waals surface area contributed by atoms with Gasteiger partial charge in [-0.1, -0.05) is 29.5 Å². The third-order valence-electron chi connectivity index (χ3n) is 3.81. The van der Waals surface area contributed by atoms with Crippen molar-refractivity contribution in [2.24, 2.45) is 0 Å². The standard InChI is InChI=1S/C15H19N5OS/c1-10-8-19(3)13-7-5-4-6-12(13)9-20(10)15(21)16-14-18-17-11(2)22-14/h4-7,10H,8-9H2,1-3H3,(H,16,18,21)/t10-/m1/s1. The highest BCUT2D eigenvalue weighted by atomic mass is 32.1. The number of nitrogens with zero attached hydrogens (tertiary/aromatic N) is 4.